The van der Waals surface area contributed by atoms with Crippen molar-refractivity contribution in [3.63, 3.8) is 0 Å². The van der Waals surface area contributed by atoms with E-state index in [0.717, 1.165) is 45.0 Å². The summed E-state index contributed by atoms with van der Waals surface area (Å²) in [5, 5.41) is 6.84. The van der Waals surface area contributed by atoms with Crippen LogP contribution < -0.4 is 19.8 Å². The van der Waals surface area contributed by atoms with E-state index in [1.54, 1.807) is 0 Å². The topological polar surface area (TPSA) is 109 Å². The van der Waals surface area contributed by atoms with Crippen LogP contribution >= 0.6 is 0 Å². The highest BCUT2D eigenvalue weighted by Crippen LogP contribution is 2.27. The molecule has 0 saturated heterocycles. The normalized spacial score (nSPS) is 12.6. The number of hydrogen-bond acceptors (Lipinski definition) is 8. The van der Waals surface area contributed by atoms with Crippen molar-refractivity contribution in [2.75, 3.05) is 23.8 Å². The van der Waals surface area contributed by atoms with Crippen LogP contribution in [0.3, 0.4) is 0 Å². The average molecular weight is 701 g/mol. The summed E-state index contributed by atoms with van der Waals surface area (Å²) < 4.78 is 15.0. The number of esters is 2. The van der Waals surface area contributed by atoms with Gasteiger partial charge in [0.2, 0.25) is 0 Å². The predicted molar refractivity (Wildman–Crippen MR) is 205 cm³/mol. The Balaban J connectivity index is 1.19. The van der Waals surface area contributed by atoms with Crippen molar-refractivity contribution in [3.05, 3.63) is 132 Å². The summed E-state index contributed by atoms with van der Waals surface area (Å²) in [5.74, 6) is -0.401. The minimum atomic E-state index is -0.200. The van der Waals surface area contributed by atoms with Gasteiger partial charge in [0, 0.05) is 61.9 Å². The zero-order chi connectivity index (χ0) is 36.4. The second kappa shape index (κ2) is 20.1. The maximum absolute atomic E-state index is 12.4. The Morgan fingerprint density at radius 3 is 1.40 bits per heavy atom. The molecule has 0 saturated carbocycles. The molecule has 0 aliphatic carbocycles. The quantitative estimate of drug-likeness (QED) is 0.0837. The molecule has 2 N–H and O–H groups in total. The molecular formula is C42H48N6O4+2. The van der Waals surface area contributed by atoms with E-state index in [2.05, 4.69) is 10.6 Å². The van der Waals surface area contributed by atoms with Crippen molar-refractivity contribution in [2.45, 2.75) is 51.4 Å². The molecular weight excluding hydrogens is 652 g/mol. The van der Waals surface area contributed by atoms with Crippen molar-refractivity contribution in [1.29, 1.82) is 0 Å². The summed E-state index contributed by atoms with van der Waals surface area (Å²) in [6.07, 6.45) is 20.1. The minimum absolute atomic E-state index is 0.200. The number of fused-ring (bicyclic) bond motifs is 2. The highest BCUT2D eigenvalue weighted by atomic mass is 16.5. The first-order valence-electron chi connectivity index (χ1n) is 17.8. The maximum Gasteiger partial charge on any atom is 0.306 e. The van der Waals surface area contributed by atoms with Crippen LogP contribution in [0.1, 0.15) is 49.7 Å². The number of carbonyl (C=O) groups is 2. The number of aryl methyl sites for hydroxylation is 4. The van der Waals surface area contributed by atoms with Crippen LogP contribution in [0.5, 0.6) is 0 Å². The van der Waals surface area contributed by atoms with E-state index < -0.39 is 0 Å². The lowest BCUT2D eigenvalue weighted by Crippen LogP contribution is -2.26. The van der Waals surface area contributed by atoms with Crippen molar-refractivity contribution in [1.82, 2.24) is 0 Å². The number of hydrogen-bond donors (Lipinski definition) is 2. The van der Waals surface area contributed by atoms with E-state index in [1.807, 2.05) is 146 Å². The summed E-state index contributed by atoms with van der Waals surface area (Å²) >= 11 is 0. The van der Waals surface area contributed by atoms with Gasteiger partial charge in [-0.1, -0.05) is 24.3 Å². The Labute approximate surface area is 306 Å². The number of nitrogens with one attached hydrogen (secondary N) is 2. The van der Waals surface area contributed by atoms with Crippen LogP contribution in [0.2, 0.25) is 0 Å². The van der Waals surface area contributed by atoms with E-state index >= 15 is 0 Å². The fourth-order valence-corrected chi connectivity index (χ4v) is 5.37. The van der Waals surface area contributed by atoms with Gasteiger partial charge in [0.15, 0.2) is 24.8 Å². The molecule has 1 aliphatic heterocycles. The predicted octanol–water partition coefficient (Wildman–Crippen LogP) is 6.96. The first kappa shape index (κ1) is 37.4. The molecule has 0 fully saturated rings. The van der Waals surface area contributed by atoms with Crippen LogP contribution in [0.4, 0.5) is 22.7 Å². The molecule has 0 bridgehead atoms. The van der Waals surface area contributed by atoms with Gasteiger partial charge in [-0.2, -0.15) is 0 Å². The first-order chi connectivity index (χ1) is 25.4. The van der Waals surface area contributed by atoms with Gasteiger partial charge in [-0.25, -0.2) is 9.13 Å². The van der Waals surface area contributed by atoms with Gasteiger partial charge in [0.25, 0.3) is 0 Å². The molecule has 1 aliphatic rings. The molecule has 0 radical (unpaired) electrons. The number of ether oxygens (including phenoxy) is 2. The van der Waals surface area contributed by atoms with Gasteiger partial charge < -0.3 is 20.1 Å². The fraction of sp³-hybridized carbons (Fsp3) is 0.286. The van der Waals surface area contributed by atoms with Gasteiger partial charge in [0.1, 0.15) is 14.1 Å². The largest absolute Gasteiger partial charge is 0.466 e. The van der Waals surface area contributed by atoms with Crippen molar-refractivity contribution in [2.24, 2.45) is 24.1 Å². The molecule has 2 aromatic heterocycles. The number of anilines is 2. The number of rotatable bonds is 14. The van der Waals surface area contributed by atoms with Crippen LogP contribution in [0, 0.1) is 0 Å². The Morgan fingerprint density at radius 1 is 0.577 bits per heavy atom. The zero-order valence-electron chi connectivity index (χ0n) is 30.0. The minimum Gasteiger partial charge on any atom is -0.466 e. The fourth-order valence-electron chi connectivity index (χ4n) is 5.37. The lowest BCUT2D eigenvalue weighted by molar-refractivity contribution is -0.671. The summed E-state index contributed by atoms with van der Waals surface area (Å²) in [5.41, 5.74) is 7.35. The lowest BCUT2D eigenvalue weighted by Gasteiger charge is -2.11. The van der Waals surface area contributed by atoms with Crippen LogP contribution in [-0.4, -0.2) is 37.6 Å². The standard InChI is InChI=1S/C42H48N6O4/c1-47-23-19-33(20-24-47)15-17-41(49)51-27-7-9-35-29-43-37-11-3-5-13-39(37)45-31-36(32-46-40-14-6-4-12-38(40)44-30-35)10-8-28-52-42(50)18-16-34-21-25-48(2)26-22-34/h3-6,11-14,19-26,29-32,43,46H,7-10,15-18,27-28H2,1-2H3/q+2. The molecule has 10 heteroatoms. The second-order valence-corrected chi connectivity index (χ2v) is 12.7. The van der Waals surface area contributed by atoms with E-state index in [4.69, 9.17) is 19.5 Å². The van der Waals surface area contributed by atoms with Gasteiger partial charge in [0.05, 0.1) is 36.0 Å². The molecule has 268 valence electrons. The Kier molecular flexibility index (Phi) is 14.4. The Morgan fingerprint density at radius 2 is 0.981 bits per heavy atom. The number of para-hydroxylation sites is 4. The lowest BCUT2D eigenvalue weighted by atomic mass is 10.1. The van der Waals surface area contributed by atoms with Gasteiger partial charge in [-0.05, 0) is 85.1 Å². The molecule has 52 heavy (non-hydrogen) atoms. The SMILES string of the molecule is C[n+]1ccc(CCC(=O)OCCCC2=CNc3ccccc3N=CC(CCCOC(=O)CCc3cc[n+](C)cc3)=CNc3ccccc3N=C2)cc1. The number of pyridine rings is 2. The van der Waals surface area contributed by atoms with E-state index in [9.17, 15) is 9.59 Å². The highest BCUT2D eigenvalue weighted by molar-refractivity contribution is 5.87. The summed E-state index contributed by atoms with van der Waals surface area (Å²) in [7, 11) is 3.93. The molecule has 0 atom stereocenters. The summed E-state index contributed by atoms with van der Waals surface area (Å²) in [6, 6.07) is 23.7. The summed E-state index contributed by atoms with van der Waals surface area (Å²) in [6.45, 7) is 0.651. The Bertz CT molecular complexity index is 1760. The molecule has 3 heterocycles. The average Bonchev–Trinajstić information content (AvgIpc) is 3.16. The smallest absolute Gasteiger partial charge is 0.306 e. The highest BCUT2D eigenvalue weighted by Gasteiger charge is 2.09. The van der Waals surface area contributed by atoms with E-state index in [-0.39, 0.29) is 11.9 Å². The third kappa shape index (κ3) is 12.8. The van der Waals surface area contributed by atoms with Crippen molar-refractivity contribution < 1.29 is 28.2 Å². The number of benzene rings is 2. The second-order valence-electron chi connectivity index (χ2n) is 12.7. The maximum atomic E-state index is 12.4. The molecule has 2 aromatic carbocycles. The number of carbonyl (C=O) groups excluding carboxylic acids is 2. The molecule has 10 nitrogen and oxygen atoms in total. The molecule has 5 rings (SSSR count). The molecule has 0 amide bonds. The van der Waals surface area contributed by atoms with Gasteiger partial charge in [-0.3, -0.25) is 19.6 Å². The van der Waals surface area contributed by atoms with Crippen LogP contribution in [0.25, 0.3) is 0 Å². The number of allylic oxidation sites excluding steroid dienone is 2. The van der Waals surface area contributed by atoms with Gasteiger partial charge >= 0.3 is 11.9 Å². The summed E-state index contributed by atoms with van der Waals surface area (Å²) in [4.78, 5) is 34.5. The molecule has 0 unspecified atom stereocenters. The van der Waals surface area contributed by atoms with Crippen molar-refractivity contribution in [3.8, 4) is 0 Å². The van der Waals surface area contributed by atoms with Gasteiger partial charge in [-0.15, -0.1) is 0 Å². The Hall–Kier alpha value is -5.90. The van der Waals surface area contributed by atoms with Crippen LogP contribution in [0.15, 0.2) is 131 Å². The number of aliphatic imine (C=N–C) groups is 2. The van der Waals surface area contributed by atoms with E-state index in [1.165, 1.54) is 0 Å². The molecule has 4 aromatic rings. The van der Waals surface area contributed by atoms with E-state index in [0.29, 0.717) is 64.6 Å². The number of aromatic nitrogens is 2. The third-order valence-electron chi connectivity index (χ3n) is 8.45. The third-order valence-corrected chi connectivity index (χ3v) is 8.45. The van der Waals surface area contributed by atoms with Crippen molar-refractivity contribution >= 4 is 47.1 Å². The first-order valence-corrected chi connectivity index (χ1v) is 17.8. The number of nitrogens with zero attached hydrogens (tertiary/aromatic N) is 4. The molecule has 0 spiro atoms. The zero-order valence-corrected chi connectivity index (χ0v) is 30.0. The monoisotopic (exact) mass is 700 g/mol. The van der Waals surface area contributed by atoms with Crippen LogP contribution in [-0.2, 0) is 46.0 Å².